The van der Waals surface area contributed by atoms with Gasteiger partial charge in [0.2, 0.25) is 0 Å². The van der Waals surface area contributed by atoms with Crippen LogP contribution in [0.2, 0.25) is 0 Å². The van der Waals surface area contributed by atoms with E-state index < -0.39 is 11.5 Å². The van der Waals surface area contributed by atoms with Crippen molar-refractivity contribution in [1.82, 2.24) is 9.97 Å². The Balaban J connectivity index is 2.81. The van der Waals surface area contributed by atoms with Crippen LogP contribution in [0.3, 0.4) is 0 Å². The summed E-state index contributed by atoms with van der Waals surface area (Å²) in [6.45, 7) is 6.53. The Morgan fingerprint density at radius 2 is 2.17 bits per heavy atom. The fraction of sp³-hybridized carbons (Fsp3) is 0.583. The number of anilines is 2. The van der Waals surface area contributed by atoms with Gasteiger partial charge in [-0.15, -0.1) is 0 Å². The van der Waals surface area contributed by atoms with Gasteiger partial charge in [0.15, 0.2) is 0 Å². The van der Waals surface area contributed by atoms with Gasteiger partial charge in [-0.3, -0.25) is 4.79 Å². The first-order valence-corrected chi connectivity index (χ1v) is 5.87. The van der Waals surface area contributed by atoms with Crippen LogP contribution in [-0.2, 0) is 4.79 Å². The highest BCUT2D eigenvalue weighted by atomic mass is 16.4. The predicted octanol–water partition coefficient (Wildman–Crippen LogP) is 1.60. The van der Waals surface area contributed by atoms with Crippen molar-refractivity contribution in [1.29, 1.82) is 0 Å². The first kappa shape index (κ1) is 14.2. The maximum absolute atomic E-state index is 10.7. The number of carbonyl (C=O) groups is 1. The third-order valence-corrected chi connectivity index (χ3v) is 2.58. The molecule has 0 amide bonds. The number of hydrogen-bond donors (Lipinski definition) is 2. The zero-order chi connectivity index (χ0) is 13.8. The van der Waals surface area contributed by atoms with E-state index in [4.69, 9.17) is 5.11 Å². The lowest BCUT2D eigenvalue weighted by atomic mass is 10.0. The van der Waals surface area contributed by atoms with Crippen LogP contribution >= 0.6 is 0 Å². The molecule has 100 valence electrons. The molecule has 0 fully saturated rings. The first-order chi connectivity index (χ1) is 8.34. The molecule has 2 N–H and O–H groups in total. The molecule has 0 bridgehead atoms. The summed E-state index contributed by atoms with van der Waals surface area (Å²) in [6.07, 6.45) is 1.50. The van der Waals surface area contributed by atoms with Gasteiger partial charge in [-0.05, 0) is 20.8 Å². The van der Waals surface area contributed by atoms with Crippen molar-refractivity contribution in [3.8, 4) is 0 Å². The maximum atomic E-state index is 10.7. The highest BCUT2D eigenvalue weighted by Crippen LogP contribution is 2.19. The molecule has 6 heteroatoms. The highest BCUT2D eigenvalue weighted by molar-refractivity contribution is 5.69. The average Bonchev–Trinajstić information content (AvgIpc) is 2.25. The minimum Gasteiger partial charge on any atom is -0.481 e. The van der Waals surface area contributed by atoms with Gasteiger partial charge < -0.3 is 15.3 Å². The molecular formula is C12H20N4O2. The van der Waals surface area contributed by atoms with Gasteiger partial charge in [0, 0.05) is 25.2 Å². The van der Waals surface area contributed by atoms with Crippen LogP contribution in [0.5, 0.6) is 0 Å². The summed E-state index contributed by atoms with van der Waals surface area (Å²) in [7, 11) is 1.94. The molecule has 0 saturated heterocycles. The van der Waals surface area contributed by atoms with Crippen LogP contribution < -0.4 is 10.2 Å². The van der Waals surface area contributed by atoms with E-state index >= 15 is 0 Å². The quantitative estimate of drug-likeness (QED) is 0.800. The van der Waals surface area contributed by atoms with Gasteiger partial charge in [0.25, 0.3) is 0 Å². The fourth-order valence-corrected chi connectivity index (χ4v) is 1.56. The van der Waals surface area contributed by atoms with E-state index in [9.17, 15) is 4.79 Å². The molecule has 0 aliphatic heterocycles. The Morgan fingerprint density at radius 3 is 2.72 bits per heavy atom. The van der Waals surface area contributed by atoms with Crippen molar-refractivity contribution in [3.63, 3.8) is 0 Å². The van der Waals surface area contributed by atoms with Crippen LogP contribution in [0.25, 0.3) is 0 Å². The van der Waals surface area contributed by atoms with Crippen LogP contribution in [0, 0.1) is 0 Å². The minimum atomic E-state index is -0.840. The average molecular weight is 252 g/mol. The number of hydrogen-bond acceptors (Lipinski definition) is 5. The lowest BCUT2D eigenvalue weighted by Gasteiger charge is -2.25. The summed E-state index contributed by atoms with van der Waals surface area (Å²) >= 11 is 0. The largest absolute Gasteiger partial charge is 0.481 e. The van der Waals surface area contributed by atoms with Crippen molar-refractivity contribution in [2.45, 2.75) is 32.7 Å². The normalized spacial score (nSPS) is 11.1. The molecule has 0 radical (unpaired) electrons. The zero-order valence-corrected chi connectivity index (χ0v) is 11.3. The molecular weight excluding hydrogens is 232 g/mol. The summed E-state index contributed by atoms with van der Waals surface area (Å²) < 4.78 is 0. The number of carboxylic acid groups (broad SMARTS) is 1. The van der Waals surface area contributed by atoms with Crippen LogP contribution in [0.4, 0.5) is 11.6 Å². The minimum absolute atomic E-state index is 0.0238. The summed E-state index contributed by atoms with van der Waals surface area (Å²) in [5.74, 6) is 0.597. The van der Waals surface area contributed by atoms with E-state index in [1.165, 1.54) is 6.33 Å². The molecule has 1 aromatic heterocycles. The van der Waals surface area contributed by atoms with E-state index in [0.29, 0.717) is 5.82 Å². The number of carboxylic acids is 1. The SMILES string of the molecule is CCN(C)c1cc(NC(C)(C)CC(=O)O)ncn1. The monoisotopic (exact) mass is 252 g/mol. The van der Waals surface area contributed by atoms with E-state index in [2.05, 4.69) is 15.3 Å². The third kappa shape index (κ3) is 4.20. The molecule has 0 aliphatic rings. The highest BCUT2D eigenvalue weighted by Gasteiger charge is 2.22. The van der Waals surface area contributed by atoms with Gasteiger partial charge in [-0.1, -0.05) is 0 Å². The Morgan fingerprint density at radius 1 is 1.50 bits per heavy atom. The van der Waals surface area contributed by atoms with Gasteiger partial charge in [0.1, 0.15) is 18.0 Å². The van der Waals surface area contributed by atoms with Crippen molar-refractivity contribution in [2.75, 3.05) is 23.8 Å². The summed E-state index contributed by atoms with van der Waals surface area (Å²) in [4.78, 5) is 21.0. The maximum Gasteiger partial charge on any atom is 0.305 e. The van der Waals surface area contributed by atoms with E-state index in [-0.39, 0.29) is 6.42 Å². The molecule has 6 nitrogen and oxygen atoms in total. The second kappa shape index (κ2) is 5.66. The molecule has 1 aromatic rings. The molecule has 1 heterocycles. The lowest BCUT2D eigenvalue weighted by Crippen LogP contribution is -2.34. The van der Waals surface area contributed by atoms with Gasteiger partial charge in [-0.2, -0.15) is 0 Å². The molecule has 0 atom stereocenters. The number of nitrogens with one attached hydrogen (secondary N) is 1. The number of aromatic nitrogens is 2. The second-order valence-electron chi connectivity index (χ2n) is 4.86. The van der Waals surface area contributed by atoms with Crippen molar-refractivity contribution < 1.29 is 9.90 Å². The lowest BCUT2D eigenvalue weighted by molar-refractivity contribution is -0.137. The van der Waals surface area contributed by atoms with E-state index in [0.717, 1.165) is 12.4 Å². The molecule has 0 aromatic carbocycles. The summed E-state index contributed by atoms with van der Waals surface area (Å²) in [5.41, 5.74) is -0.553. The summed E-state index contributed by atoms with van der Waals surface area (Å²) in [6, 6.07) is 1.81. The third-order valence-electron chi connectivity index (χ3n) is 2.58. The Bertz CT molecular complexity index is 420. The molecule has 0 unspecified atom stereocenters. The molecule has 0 saturated carbocycles. The van der Waals surface area contributed by atoms with Crippen LogP contribution in [-0.4, -0.2) is 40.2 Å². The Kier molecular flexibility index (Phi) is 4.47. The zero-order valence-electron chi connectivity index (χ0n) is 11.3. The fourth-order valence-electron chi connectivity index (χ4n) is 1.56. The van der Waals surface area contributed by atoms with Gasteiger partial charge >= 0.3 is 5.97 Å². The van der Waals surface area contributed by atoms with E-state index in [1.54, 1.807) is 0 Å². The topological polar surface area (TPSA) is 78.4 Å². The molecule has 1 rings (SSSR count). The molecule has 18 heavy (non-hydrogen) atoms. The molecule has 0 aliphatic carbocycles. The second-order valence-corrected chi connectivity index (χ2v) is 4.86. The van der Waals surface area contributed by atoms with E-state index in [1.807, 2.05) is 38.8 Å². The number of rotatable bonds is 6. The summed E-state index contributed by atoms with van der Waals surface area (Å²) in [5, 5.41) is 11.9. The Labute approximate surface area is 107 Å². The molecule has 0 spiro atoms. The standard InChI is InChI=1S/C12H20N4O2/c1-5-16(4)10-6-9(13-8-14-10)15-12(2,3)7-11(17)18/h6,8H,5,7H2,1-4H3,(H,17,18)(H,13,14,15). The van der Waals surface area contributed by atoms with Crippen LogP contribution in [0.1, 0.15) is 27.2 Å². The van der Waals surface area contributed by atoms with Crippen molar-refractivity contribution >= 4 is 17.6 Å². The van der Waals surface area contributed by atoms with Crippen LogP contribution in [0.15, 0.2) is 12.4 Å². The number of nitrogens with zero attached hydrogens (tertiary/aromatic N) is 3. The predicted molar refractivity (Wildman–Crippen MR) is 70.9 cm³/mol. The van der Waals surface area contributed by atoms with Crippen molar-refractivity contribution in [3.05, 3.63) is 12.4 Å². The smallest absolute Gasteiger partial charge is 0.305 e. The van der Waals surface area contributed by atoms with Gasteiger partial charge in [0.05, 0.1) is 6.42 Å². The number of aliphatic carboxylic acids is 1. The van der Waals surface area contributed by atoms with Crippen molar-refractivity contribution in [2.24, 2.45) is 0 Å². The Hall–Kier alpha value is -1.85. The first-order valence-electron chi connectivity index (χ1n) is 5.87. The van der Waals surface area contributed by atoms with Gasteiger partial charge in [-0.25, -0.2) is 9.97 Å².